The summed E-state index contributed by atoms with van der Waals surface area (Å²) in [5.41, 5.74) is 0. The summed E-state index contributed by atoms with van der Waals surface area (Å²) in [6.45, 7) is 0.243. The van der Waals surface area contributed by atoms with Crippen LogP contribution in [0.5, 0.6) is 0 Å². The molecular formula is C4H9MoO2. The van der Waals surface area contributed by atoms with Crippen molar-refractivity contribution in [2.45, 2.75) is 17.7 Å². The molecule has 0 aliphatic carbocycles. The van der Waals surface area contributed by atoms with E-state index in [2.05, 4.69) is 0 Å². The zero-order chi connectivity index (χ0) is 5.54. The number of aliphatic hydroxyl groups is 1. The van der Waals surface area contributed by atoms with Gasteiger partial charge in [-0.05, 0) is 0 Å². The van der Waals surface area contributed by atoms with Crippen molar-refractivity contribution in [3.8, 4) is 0 Å². The van der Waals surface area contributed by atoms with Crippen LogP contribution in [0.15, 0.2) is 0 Å². The van der Waals surface area contributed by atoms with E-state index in [0.29, 0.717) is 0 Å². The molecule has 0 spiro atoms. The summed E-state index contributed by atoms with van der Waals surface area (Å²) in [4.78, 5) is 0.839. The van der Waals surface area contributed by atoms with E-state index in [1.807, 2.05) is 0 Å². The Bertz CT molecular complexity index is 47.0. The van der Waals surface area contributed by atoms with Crippen LogP contribution in [0.4, 0.5) is 0 Å². The molecule has 0 aromatic heterocycles. The van der Waals surface area contributed by atoms with Gasteiger partial charge in [0.15, 0.2) is 0 Å². The van der Waals surface area contributed by atoms with Crippen LogP contribution in [0, 0.1) is 0 Å². The molecule has 0 heterocycles. The summed E-state index contributed by atoms with van der Waals surface area (Å²) in [7, 11) is 0. The van der Waals surface area contributed by atoms with E-state index in [4.69, 9.17) is 5.11 Å². The molecule has 1 N–H and O–H groups in total. The molecule has 0 aliphatic heterocycles. The van der Waals surface area contributed by atoms with Gasteiger partial charge in [-0.1, -0.05) is 0 Å². The predicted molar refractivity (Wildman–Crippen MR) is 21.8 cm³/mol. The molecule has 0 bridgehead atoms. The van der Waals surface area contributed by atoms with Gasteiger partial charge >= 0.3 is 51.3 Å². The van der Waals surface area contributed by atoms with E-state index in [1.54, 1.807) is 0 Å². The van der Waals surface area contributed by atoms with E-state index in [-0.39, 0.29) is 6.61 Å². The maximum atomic E-state index is 9.85. The Balaban J connectivity index is 2.56. The molecule has 0 radical (unpaired) electrons. The third kappa shape index (κ3) is 6.45. The van der Waals surface area contributed by atoms with Crippen LogP contribution < -0.4 is 0 Å². The van der Waals surface area contributed by atoms with Gasteiger partial charge in [-0.2, -0.15) is 0 Å². The van der Waals surface area contributed by atoms with Crippen molar-refractivity contribution in [2.75, 3.05) is 6.61 Å². The van der Waals surface area contributed by atoms with Crippen LogP contribution in [0.25, 0.3) is 0 Å². The zero-order valence-electron chi connectivity index (χ0n) is 4.09. The van der Waals surface area contributed by atoms with Crippen LogP contribution >= 0.6 is 0 Å². The maximum absolute atomic E-state index is 9.85. The van der Waals surface area contributed by atoms with Crippen LogP contribution in [-0.2, 0) is 21.9 Å². The van der Waals surface area contributed by atoms with Gasteiger partial charge in [0.2, 0.25) is 0 Å². The van der Waals surface area contributed by atoms with E-state index in [9.17, 15) is 3.40 Å². The van der Waals surface area contributed by atoms with Gasteiger partial charge in [-0.15, -0.1) is 0 Å². The summed E-state index contributed by atoms with van der Waals surface area (Å²) < 4.78 is 9.85. The summed E-state index contributed by atoms with van der Waals surface area (Å²) in [6.07, 6.45) is 1.75. The van der Waals surface area contributed by atoms with E-state index >= 15 is 0 Å². The summed E-state index contributed by atoms with van der Waals surface area (Å²) >= 11 is -0.906. The van der Waals surface area contributed by atoms with Gasteiger partial charge in [0.05, 0.1) is 0 Å². The van der Waals surface area contributed by atoms with Crippen LogP contribution in [0.3, 0.4) is 0 Å². The normalized spacial score (nSPS) is 8.71. The van der Waals surface area contributed by atoms with Crippen molar-refractivity contribution in [3.05, 3.63) is 0 Å². The first-order chi connectivity index (χ1) is 3.41. The standard InChI is InChI=1S/C4H9O.Mo.O/c1-2-3-4-5;;/h5H,1-4H2;;. The Hall–Kier alpha value is 0.448. The SMILES string of the molecule is [O]=[Mo][CH2]CCCO. The second-order valence-corrected chi connectivity index (χ2v) is 2.84. The Morgan fingerprint density at radius 3 is 2.57 bits per heavy atom. The number of aliphatic hydroxyl groups excluding tert-OH is 1. The molecule has 0 aliphatic rings. The third-order valence-corrected chi connectivity index (χ3v) is 1.76. The molecular weight excluding hydrogens is 176 g/mol. The van der Waals surface area contributed by atoms with E-state index < -0.39 is 18.5 Å². The Morgan fingerprint density at radius 2 is 2.14 bits per heavy atom. The fourth-order valence-corrected chi connectivity index (χ4v) is 1.06. The Labute approximate surface area is 51.8 Å². The second kappa shape index (κ2) is 6.45. The molecule has 3 heteroatoms. The zero-order valence-corrected chi connectivity index (χ0v) is 6.10. The van der Waals surface area contributed by atoms with Gasteiger partial charge in [0.25, 0.3) is 0 Å². The quantitative estimate of drug-likeness (QED) is 0.514. The monoisotopic (exact) mass is 187 g/mol. The Morgan fingerprint density at radius 1 is 1.43 bits per heavy atom. The average molecular weight is 185 g/mol. The van der Waals surface area contributed by atoms with E-state index in [0.717, 1.165) is 17.7 Å². The van der Waals surface area contributed by atoms with Crippen molar-refractivity contribution < 1.29 is 27.0 Å². The minimum atomic E-state index is -0.906. The molecule has 0 unspecified atom stereocenters. The number of unbranched alkanes of at least 4 members (excludes halogenated alkanes) is 1. The molecule has 0 saturated carbocycles. The predicted octanol–water partition coefficient (Wildman–Crippen LogP) is 0.605. The summed E-state index contributed by atoms with van der Waals surface area (Å²) in [5, 5.41) is 8.21. The molecule has 0 fully saturated rings. The first-order valence-electron chi connectivity index (χ1n) is 2.27. The van der Waals surface area contributed by atoms with Crippen LogP contribution in [0.2, 0.25) is 4.81 Å². The second-order valence-electron chi connectivity index (χ2n) is 1.25. The fraction of sp³-hybridized carbons (Fsp3) is 1.00. The number of hydrogen-bond acceptors (Lipinski definition) is 2. The molecule has 0 rings (SSSR count). The fourth-order valence-electron chi connectivity index (χ4n) is 0.273. The third-order valence-electron chi connectivity index (χ3n) is 0.636. The minimum absolute atomic E-state index is 0.243. The summed E-state index contributed by atoms with van der Waals surface area (Å²) in [5.74, 6) is 0. The molecule has 0 aromatic carbocycles. The molecule has 2 nitrogen and oxygen atoms in total. The van der Waals surface area contributed by atoms with Gasteiger partial charge in [-0.3, -0.25) is 0 Å². The number of rotatable bonds is 4. The van der Waals surface area contributed by atoms with Gasteiger partial charge in [0, 0.05) is 0 Å². The van der Waals surface area contributed by atoms with E-state index in [1.165, 1.54) is 0 Å². The first kappa shape index (κ1) is 7.45. The van der Waals surface area contributed by atoms with Crippen LogP contribution in [-0.4, -0.2) is 11.7 Å². The summed E-state index contributed by atoms with van der Waals surface area (Å²) in [6, 6.07) is 0. The van der Waals surface area contributed by atoms with Crippen molar-refractivity contribution in [1.29, 1.82) is 0 Å². The molecule has 0 aromatic rings. The molecule has 0 atom stereocenters. The van der Waals surface area contributed by atoms with Crippen molar-refractivity contribution in [3.63, 3.8) is 0 Å². The van der Waals surface area contributed by atoms with Crippen molar-refractivity contribution in [1.82, 2.24) is 0 Å². The van der Waals surface area contributed by atoms with Crippen molar-refractivity contribution >= 4 is 0 Å². The molecule has 0 saturated heterocycles. The topological polar surface area (TPSA) is 37.3 Å². The van der Waals surface area contributed by atoms with Gasteiger partial charge in [0.1, 0.15) is 0 Å². The van der Waals surface area contributed by atoms with Crippen LogP contribution in [0.1, 0.15) is 12.8 Å². The molecule has 0 amide bonds. The van der Waals surface area contributed by atoms with Gasteiger partial charge < -0.3 is 0 Å². The molecule has 43 valence electrons. The van der Waals surface area contributed by atoms with Crippen molar-refractivity contribution in [2.24, 2.45) is 0 Å². The Kier molecular flexibility index (Phi) is 6.86. The van der Waals surface area contributed by atoms with Gasteiger partial charge in [-0.25, -0.2) is 0 Å². The molecule has 7 heavy (non-hydrogen) atoms. The number of hydrogen-bond donors (Lipinski definition) is 1. The first-order valence-corrected chi connectivity index (χ1v) is 4.51. The average Bonchev–Trinajstić information content (AvgIpc) is 1.69.